The highest BCUT2D eigenvalue weighted by molar-refractivity contribution is 6.01. The molecule has 0 atom stereocenters. The molecule has 4 heteroatoms. The summed E-state index contributed by atoms with van der Waals surface area (Å²) in [5.41, 5.74) is 1.36. The molecular formula is C12H11N3O. The predicted octanol–water partition coefficient (Wildman–Crippen LogP) is 1.72. The Morgan fingerprint density at radius 2 is 2.38 bits per heavy atom. The van der Waals surface area contributed by atoms with Crippen molar-refractivity contribution in [2.24, 2.45) is 0 Å². The number of terminal acetylenes is 1. The van der Waals surface area contributed by atoms with E-state index in [-0.39, 0.29) is 5.78 Å². The molecule has 2 aromatic rings. The zero-order valence-electron chi connectivity index (χ0n) is 8.76. The van der Waals surface area contributed by atoms with Crippen LogP contribution in [0.5, 0.6) is 0 Å². The van der Waals surface area contributed by atoms with Crippen molar-refractivity contribution in [3.63, 3.8) is 0 Å². The Kier molecular flexibility index (Phi) is 2.97. The van der Waals surface area contributed by atoms with Crippen molar-refractivity contribution in [1.82, 2.24) is 14.6 Å². The van der Waals surface area contributed by atoms with Crippen LogP contribution in [0.3, 0.4) is 0 Å². The molecular weight excluding hydrogens is 202 g/mol. The minimum Gasteiger partial charge on any atom is -0.294 e. The fourth-order valence-corrected chi connectivity index (χ4v) is 1.53. The van der Waals surface area contributed by atoms with E-state index in [4.69, 9.17) is 6.42 Å². The second kappa shape index (κ2) is 4.58. The maximum Gasteiger partial charge on any atom is 0.166 e. The normalized spacial score (nSPS) is 10.2. The summed E-state index contributed by atoms with van der Waals surface area (Å²) in [5.74, 6) is 2.59. The summed E-state index contributed by atoms with van der Waals surface area (Å²) in [7, 11) is 0. The first kappa shape index (κ1) is 10.4. The van der Waals surface area contributed by atoms with Gasteiger partial charge in [0, 0.05) is 25.2 Å². The van der Waals surface area contributed by atoms with Gasteiger partial charge in [-0.25, -0.2) is 4.52 Å². The van der Waals surface area contributed by atoms with Crippen LogP contribution in [-0.4, -0.2) is 20.4 Å². The largest absolute Gasteiger partial charge is 0.294 e. The molecule has 2 rings (SSSR count). The van der Waals surface area contributed by atoms with Gasteiger partial charge in [0.25, 0.3) is 0 Å². The standard InChI is InChI=1S/C12H11N3O/c1-2-3-4-5-12(16)10-8-14-15-7-6-13-9-11(10)15/h1,6-9H,3-5H2. The van der Waals surface area contributed by atoms with Crippen molar-refractivity contribution in [3.05, 3.63) is 30.4 Å². The molecule has 0 aromatic carbocycles. The molecule has 2 heterocycles. The molecule has 80 valence electrons. The van der Waals surface area contributed by atoms with Crippen LogP contribution in [-0.2, 0) is 0 Å². The van der Waals surface area contributed by atoms with Crippen LogP contribution in [0.4, 0.5) is 0 Å². The topological polar surface area (TPSA) is 47.3 Å². The van der Waals surface area contributed by atoms with Gasteiger partial charge in [-0.2, -0.15) is 5.10 Å². The SMILES string of the molecule is C#CCCCC(=O)c1cnn2ccncc12. The van der Waals surface area contributed by atoms with E-state index in [0.29, 0.717) is 24.8 Å². The predicted molar refractivity (Wildman–Crippen MR) is 60.0 cm³/mol. The number of hydrogen-bond acceptors (Lipinski definition) is 3. The van der Waals surface area contributed by atoms with E-state index in [1.807, 2.05) is 0 Å². The Hall–Kier alpha value is -2.15. The molecule has 0 radical (unpaired) electrons. The molecule has 0 fully saturated rings. The van der Waals surface area contributed by atoms with Crippen LogP contribution >= 0.6 is 0 Å². The average molecular weight is 213 g/mol. The molecule has 0 spiro atoms. The number of hydrogen-bond donors (Lipinski definition) is 0. The lowest BCUT2D eigenvalue weighted by atomic mass is 10.1. The van der Waals surface area contributed by atoms with Crippen molar-refractivity contribution >= 4 is 11.3 Å². The minimum atomic E-state index is 0.0678. The lowest BCUT2D eigenvalue weighted by molar-refractivity contribution is 0.0982. The van der Waals surface area contributed by atoms with E-state index >= 15 is 0 Å². The number of ketones is 1. The molecule has 4 nitrogen and oxygen atoms in total. The lowest BCUT2D eigenvalue weighted by Gasteiger charge is -1.96. The number of unbranched alkanes of at least 4 members (excludes halogenated alkanes) is 1. The van der Waals surface area contributed by atoms with Gasteiger partial charge in [-0.1, -0.05) is 0 Å². The van der Waals surface area contributed by atoms with Gasteiger partial charge < -0.3 is 0 Å². The molecule has 0 saturated heterocycles. The molecule has 16 heavy (non-hydrogen) atoms. The van der Waals surface area contributed by atoms with Gasteiger partial charge >= 0.3 is 0 Å². The summed E-state index contributed by atoms with van der Waals surface area (Å²) in [6.45, 7) is 0. The van der Waals surface area contributed by atoms with E-state index in [0.717, 1.165) is 5.52 Å². The number of Topliss-reactive ketones (excluding diaryl/α,β-unsaturated/α-hetero) is 1. The summed E-state index contributed by atoms with van der Waals surface area (Å²) in [6, 6.07) is 0. The van der Waals surface area contributed by atoms with Crippen LogP contribution in [0, 0.1) is 12.3 Å². The highest BCUT2D eigenvalue weighted by Gasteiger charge is 2.11. The number of fused-ring (bicyclic) bond motifs is 1. The maximum atomic E-state index is 11.8. The molecule has 0 N–H and O–H groups in total. The third-order valence-corrected chi connectivity index (χ3v) is 2.35. The number of carbonyl (C=O) groups excluding carboxylic acids is 1. The Bertz CT molecular complexity index is 551. The Morgan fingerprint density at radius 1 is 1.50 bits per heavy atom. The van der Waals surface area contributed by atoms with Gasteiger partial charge in [0.05, 0.1) is 23.5 Å². The summed E-state index contributed by atoms with van der Waals surface area (Å²) in [6.07, 6.45) is 13.5. The molecule has 0 aliphatic carbocycles. The van der Waals surface area contributed by atoms with Crippen molar-refractivity contribution < 1.29 is 4.79 Å². The first-order valence-electron chi connectivity index (χ1n) is 5.07. The zero-order chi connectivity index (χ0) is 11.4. The van der Waals surface area contributed by atoms with Crippen LogP contribution in [0.2, 0.25) is 0 Å². The van der Waals surface area contributed by atoms with Gasteiger partial charge in [-0.15, -0.1) is 12.3 Å². The van der Waals surface area contributed by atoms with E-state index in [1.54, 1.807) is 29.3 Å². The van der Waals surface area contributed by atoms with Crippen molar-refractivity contribution in [2.75, 3.05) is 0 Å². The quantitative estimate of drug-likeness (QED) is 0.441. The first-order valence-corrected chi connectivity index (χ1v) is 5.07. The fourth-order valence-electron chi connectivity index (χ4n) is 1.53. The summed E-state index contributed by atoms with van der Waals surface area (Å²) < 4.78 is 1.64. The van der Waals surface area contributed by atoms with Gasteiger partial charge in [0.1, 0.15) is 0 Å². The lowest BCUT2D eigenvalue weighted by Crippen LogP contribution is -1.98. The third kappa shape index (κ3) is 1.94. The van der Waals surface area contributed by atoms with E-state index in [1.165, 1.54) is 0 Å². The van der Waals surface area contributed by atoms with Gasteiger partial charge in [-0.05, 0) is 6.42 Å². The molecule has 0 amide bonds. The van der Waals surface area contributed by atoms with Gasteiger partial charge in [0.2, 0.25) is 0 Å². The van der Waals surface area contributed by atoms with Gasteiger partial charge in [0.15, 0.2) is 5.78 Å². The van der Waals surface area contributed by atoms with Crippen molar-refractivity contribution in [1.29, 1.82) is 0 Å². The van der Waals surface area contributed by atoms with Crippen molar-refractivity contribution in [3.8, 4) is 12.3 Å². The molecule has 0 aliphatic rings. The summed E-state index contributed by atoms with van der Waals surface area (Å²) in [5, 5.41) is 4.08. The molecule has 2 aromatic heterocycles. The Morgan fingerprint density at radius 3 is 3.19 bits per heavy atom. The van der Waals surface area contributed by atoms with Crippen LogP contribution in [0.1, 0.15) is 29.6 Å². The smallest absolute Gasteiger partial charge is 0.166 e. The van der Waals surface area contributed by atoms with E-state index in [2.05, 4.69) is 16.0 Å². The fraction of sp³-hybridized carbons (Fsp3) is 0.250. The molecule has 0 bridgehead atoms. The van der Waals surface area contributed by atoms with Crippen LogP contribution < -0.4 is 0 Å². The zero-order valence-corrected chi connectivity index (χ0v) is 8.76. The second-order valence-electron chi connectivity index (χ2n) is 3.45. The van der Waals surface area contributed by atoms with E-state index < -0.39 is 0 Å². The van der Waals surface area contributed by atoms with E-state index in [9.17, 15) is 4.79 Å². The summed E-state index contributed by atoms with van der Waals surface area (Å²) in [4.78, 5) is 15.8. The molecule has 0 unspecified atom stereocenters. The average Bonchev–Trinajstić information content (AvgIpc) is 2.73. The van der Waals surface area contributed by atoms with Crippen LogP contribution in [0.15, 0.2) is 24.8 Å². The third-order valence-electron chi connectivity index (χ3n) is 2.35. The number of rotatable bonds is 4. The first-order chi connectivity index (χ1) is 7.83. The number of aromatic nitrogens is 3. The second-order valence-corrected chi connectivity index (χ2v) is 3.45. The van der Waals surface area contributed by atoms with Crippen LogP contribution in [0.25, 0.3) is 5.52 Å². The number of carbonyl (C=O) groups is 1. The molecule has 0 saturated carbocycles. The highest BCUT2D eigenvalue weighted by atomic mass is 16.1. The monoisotopic (exact) mass is 213 g/mol. The Balaban J connectivity index is 2.20. The minimum absolute atomic E-state index is 0.0678. The van der Waals surface area contributed by atoms with Gasteiger partial charge in [-0.3, -0.25) is 9.78 Å². The molecule has 0 aliphatic heterocycles. The van der Waals surface area contributed by atoms with Crippen molar-refractivity contribution in [2.45, 2.75) is 19.3 Å². The summed E-state index contributed by atoms with van der Waals surface area (Å²) >= 11 is 0. The highest BCUT2D eigenvalue weighted by Crippen LogP contribution is 2.12. The Labute approximate surface area is 93.3 Å². The maximum absolute atomic E-state index is 11.8. The number of nitrogens with zero attached hydrogens (tertiary/aromatic N) is 3.